The Morgan fingerprint density at radius 2 is 2.15 bits per heavy atom. The lowest BCUT2D eigenvalue weighted by molar-refractivity contribution is 0.0601. The second kappa shape index (κ2) is 3.66. The highest BCUT2D eigenvalue weighted by atomic mass is 35.5. The van der Waals surface area contributed by atoms with Crippen LogP contribution in [-0.4, -0.2) is 13.1 Å². The quantitative estimate of drug-likeness (QED) is 0.556. The third kappa shape index (κ3) is 1.92. The van der Waals surface area contributed by atoms with Gasteiger partial charge in [-0.05, 0) is 24.6 Å². The van der Waals surface area contributed by atoms with Gasteiger partial charge in [-0.3, -0.25) is 0 Å². The molecular weight excluding hydrogens is 190 g/mol. The molecule has 0 radical (unpaired) electrons. The minimum Gasteiger partial charge on any atom is -0.465 e. The van der Waals surface area contributed by atoms with Gasteiger partial charge in [-0.15, -0.1) is 0 Å². The third-order valence-corrected chi connectivity index (χ3v) is 1.94. The highest BCUT2D eigenvalue weighted by Crippen LogP contribution is 2.22. The van der Waals surface area contributed by atoms with Gasteiger partial charge in [0.2, 0.25) is 0 Å². The summed E-state index contributed by atoms with van der Waals surface area (Å²) in [4.78, 5) is 11.2. The van der Waals surface area contributed by atoms with E-state index in [0.29, 0.717) is 16.3 Å². The summed E-state index contributed by atoms with van der Waals surface area (Å²) >= 11 is 5.74. The molecule has 0 saturated carbocycles. The van der Waals surface area contributed by atoms with Crippen LogP contribution in [-0.2, 0) is 4.74 Å². The summed E-state index contributed by atoms with van der Waals surface area (Å²) in [5.41, 5.74) is 7.06. The van der Waals surface area contributed by atoms with Crippen molar-refractivity contribution in [2.45, 2.75) is 6.92 Å². The summed E-state index contributed by atoms with van der Waals surface area (Å²) in [7, 11) is 1.32. The fraction of sp³-hybridized carbons (Fsp3) is 0.222. The van der Waals surface area contributed by atoms with Gasteiger partial charge in [-0.2, -0.15) is 0 Å². The predicted octanol–water partition coefficient (Wildman–Crippen LogP) is 2.02. The smallest absolute Gasteiger partial charge is 0.340 e. The Balaban J connectivity index is 3.28. The van der Waals surface area contributed by atoms with E-state index in [2.05, 4.69) is 4.74 Å². The van der Waals surface area contributed by atoms with Crippen molar-refractivity contribution >= 4 is 23.3 Å². The summed E-state index contributed by atoms with van der Waals surface area (Å²) < 4.78 is 4.58. The largest absolute Gasteiger partial charge is 0.465 e. The molecule has 4 heteroatoms. The Kier molecular flexibility index (Phi) is 2.78. The molecule has 0 unspecified atom stereocenters. The first kappa shape index (κ1) is 9.86. The van der Waals surface area contributed by atoms with Crippen LogP contribution in [0.3, 0.4) is 0 Å². The van der Waals surface area contributed by atoms with Crippen molar-refractivity contribution in [2.24, 2.45) is 0 Å². The number of aryl methyl sites for hydroxylation is 1. The number of carbonyl (C=O) groups excluding carboxylic acids is 1. The summed E-state index contributed by atoms with van der Waals surface area (Å²) in [5.74, 6) is -0.438. The van der Waals surface area contributed by atoms with Crippen molar-refractivity contribution in [2.75, 3.05) is 12.8 Å². The minimum atomic E-state index is -0.438. The van der Waals surface area contributed by atoms with Crippen molar-refractivity contribution in [1.82, 2.24) is 0 Å². The average molecular weight is 200 g/mol. The lowest BCUT2D eigenvalue weighted by atomic mass is 10.1. The summed E-state index contributed by atoms with van der Waals surface area (Å²) in [6, 6.07) is 3.20. The molecule has 0 heterocycles. The van der Waals surface area contributed by atoms with Gasteiger partial charge >= 0.3 is 5.97 Å². The Hall–Kier alpha value is -1.22. The van der Waals surface area contributed by atoms with E-state index in [-0.39, 0.29) is 0 Å². The first-order valence-electron chi connectivity index (χ1n) is 3.70. The van der Waals surface area contributed by atoms with Crippen LogP contribution in [0.1, 0.15) is 15.9 Å². The zero-order valence-electron chi connectivity index (χ0n) is 7.43. The molecule has 0 saturated heterocycles. The Labute approximate surface area is 81.4 Å². The van der Waals surface area contributed by atoms with Crippen LogP contribution in [0.4, 0.5) is 5.69 Å². The molecule has 0 fully saturated rings. The highest BCUT2D eigenvalue weighted by Gasteiger charge is 2.13. The molecule has 1 aromatic rings. The van der Waals surface area contributed by atoms with Gasteiger partial charge in [0.25, 0.3) is 0 Å². The van der Waals surface area contributed by atoms with Crippen LogP contribution < -0.4 is 5.73 Å². The van der Waals surface area contributed by atoms with Crippen LogP contribution >= 0.6 is 11.6 Å². The molecule has 1 aromatic carbocycles. The number of carbonyl (C=O) groups is 1. The van der Waals surface area contributed by atoms with Crippen LogP contribution in [0, 0.1) is 6.92 Å². The number of benzene rings is 1. The molecule has 0 aromatic heterocycles. The van der Waals surface area contributed by atoms with Gasteiger partial charge in [0.15, 0.2) is 0 Å². The van der Waals surface area contributed by atoms with E-state index in [1.807, 2.05) is 0 Å². The monoisotopic (exact) mass is 199 g/mol. The number of nitrogens with two attached hydrogens (primary N) is 1. The maximum absolute atomic E-state index is 11.2. The molecule has 0 spiro atoms. The van der Waals surface area contributed by atoms with E-state index in [0.717, 1.165) is 5.56 Å². The molecule has 0 amide bonds. The highest BCUT2D eigenvalue weighted by molar-refractivity contribution is 6.31. The van der Waals surface area contributed by atoms with Crippen LogP contribution in [0.15, 0.2) is 12.1 Å². The van der Waals surface area contributed by atoms with E-state index < -0.39 is 5.97 Å². The number of ether oxygens (including phenoxy) is 1. The summed E-state index contributed by atoms with van der Waals surface area (Å²) in [6.07, 6.45) is 0. The van der Waals surface area contributed by atoms with Crippen LogP contribution in [0.5, 0.6) is 0 Å². The average Bonchev–Trinajstić information content (AvgIpc) is 2.02. The molecule has 0 aliphatic carbocycles. The fourth-order valence-corrected chi connectivity index (χ4v) is 1.43. The Morgan fingerprint density at radius 1 is 1.54 bits per heavy atom. The molecule has 0 aliphatic rings. The van der Waals surface area contributed by atoms with Crippen molar-refractivity contribution in [3.05, 3.63) is 28.3 Å². The first-order valence-corrected chi connectivity index (χ1v) is 4.08. The van der Waals surface area contributed by atoms with E-state index >= 15 is 0 Å². The lowest BCUT2D eigenvalue weighted by Crippen LogP contribution is -2.07. The number of methoxy groups -OCH3 is 1. The number of nitrogen functional groups attached to an aromatic ring is 1. The van der Waals surface area contributed by atoms with Gasteiger partial charge < -0.3 is 10.5 Å². The number of anilines is 1. The van der Waals surface area contributed by atoms with E-state index in [9.17, 15) is 4.79 Å². The van der Waals surface area contributed by atoms with Crippen molar-refractivity contribution in [3.63, 3.8) is 0 Å². The molecular formula is C9H10ClNO2. The van der Waals surface area contributed by atoms with E-state index in [1.54, 1.807) is 13.0 Å². The molecule has 70 valence electrons. The third-order valence-electron chi connectivity index (χ3n) is 1.72. The maximum Gasteiger partial charge on any atom is 0.340 e. The number of hydrogen-bond donors (Lipinski definition) is 1. The second-order valence-electron chi connectivity index (χ2n) is 2.68. The summed E-state index contributed by atoms with van der Waals surface area (Å²) in [6.45, 7) is 1.76. The van der Waals surface area contributed by atoms with E-state index in [1.165, 1.54) is 13.2 Å². The molecule has 0 atom stereocenters. The van der Waals surface area contributed by atoms with Gasteiger partial charge in [0.05, 0.1) is 12.7 Å². The van der Waals surface area contributed by atoms with Crippen LogP contribution in [0.25, 0.3) is 0 Å². The maximum atomic E-state index is 11.2. The molecule has 2 N–H and O–H groups in total. The lowest BCUT2D eigenvalue weighted by Gasteiger charge is -2.07. The van der Waals surface area contributed by atoms with Crippen molar-refractivity contribution < 1.29 is 9.53 Å². The van der Waals surface area contributed by atoms with Gasteiger partial charge in [0, 0.05) is 10.7 Å². The minimum absolute atomic E-state index is 0.344. The second-order valence-corrected chi connectivity index (χ2v) is 3.11. The number of rotatable bonds is 1. The fourth-order valence-electron chi connectivity index (χ4n) is 1.15. The van der Waals surface area contributed by atoms with Crippen molar-refractivity contribution in [3.8, 4) is 0 Å². The predicted molar refractivity (Wildman–Crippen MR) is 51.9 cm³/mol. The molecule has 0 bridgehead atoms. The number of halogens is 1. The molecule has 0 aliphatic heterocycles. The molecule has 3 nitrogen and oxygen atoms in total. The Morgan fingerprint density at radius 3 is 2.62 bits per heavy atom. The van der Waals surface area contributed by atoms with E-state index in [4.69, 9.17) is 17.3 Å². The SMILES string of the molecule is COC(=O)c1c(C)cc(Cl)cc1N. The zero-order valence-corrected chi connectivity index (χ0v) is 8.18. The van der Waals surface area contributed by atoms with Crippen molar-refractivity contribution in [1.29, 1.82) is 0 Å². The number of hydrogen-bond acceptors (Lipinski definition) is 3. The zero-order chi connectivity index (χ0) is 10.0. The van der Waals surface area contributed by atoms with Crippen LogP contribution in [0.2, 0.25) is 5.02 Å². The number of esters is 1. The first-order chi connectivity index (χ1) is 6.06. The standard InChI is InChI=1S/C9H10ClNO2/c1-5-3-6(10)4-7(11)8(5)9(12)13-2/h3-4H,11H2,1-2H3. The normalized spacial score (nSPS) is 9.77. The summed E-state index contributed by atoms with van der Waals surface area (Å²) in [5, 5.41) is 0.516. The van der Waals surface area contributed by atoms with Gasteiger partial charge in [-0.1, -0.05) is 11.6 Å². The van der Waals surface area contributed by atoms with Gasteiger partial charge in [0.1, 0.15) is 0 Å². The van der Waals surface area contributed by atoms with Gasteiger partial charge in [-0.25, -0.2) is 4.79 Å². The topological polar surface area (TPSA) is 52.3 Å². The molecule has 13 heavy (non-hydrogen) atoms. The molecule has 1 rings (SSSR count). The Bertz CT molecular complexity index is 326.